The topological polar surface area (TPSA) is 88.7 Å². The lowest BCUT2D eigenvalue weighted by Crippen LogP contribution is -2.29. The van der Waals surface area contributed by atoms with Crippen LogP contribution in [-0.2, 0) is 6.18 Å². The van der Waals surface area contributed by atoms with Gasteiger partial charge < -0.3 is 14.4 Å². The van der Waals surface area contributed by atoms with E-state index in [2.05, 4.69) is 17.1 Å². The molecule has 1 saturated heterocycles. The molecule has 0 saturated carbocycles. The molecule has 1 N–H and O–H groups in total. The molecule has 182 valence electrons. The molecule has 1 aromatic carbocycles. The van der Waals surface area contributed by atoms with Gasteiger partial charge in [-0.05, 0) is 24.6 Å². The van der Waals surface area contributed by atoms with Gasteiger partial charge in [0, 0.05) is 12.0 Å². The highest BCUT2D eigenvalue weighted by Gasteiger charge is 2.40. The lowest BCUT2D eigenvalue weighted by atomic mass is 10.1. The number of aromatic nitrogens is 2. The number of carbonyl (C=O) groups is 1. The van der Waals surface area contributed by atoms with Gasteiger partial charge in [0.15, 0.2) is 0 Å². The number of nitrogens with zero attached hydrogens (tertiary/aromatic N) is 3. The molecule has 33 heavy (non-hydrogen) atoms. The van der Waals surface area contributed by atoms with Crippen molar-refractivity contribution in [3.63, 3.8) is 0 Å². The third-order valence-electron chi connectivity index (χ3n) is 5.52. The number of unbranched alkanes of at least 4 members (excludes halogenated alkanes) is 5. The van der Waals surface area contributed by atoms with Crippen molar-refractivity contribution in [3.8, 4) is 17.1 Å². The van der Waals surface area contributed by atoms with E-state index in [1.807, 2.05) is 0 Å². The Kier molecular flexibility index (Phi) is 8.15. The quantitative estimate of drug-likeness (QED) is 0.324. The lowest BCUT2D eigenvalue weighted by molar-refractivity contribution is -0.138. The maximum absolute atomic E-state index is 13.7. The summed E-state index contributed by atoms with van der Waals surface area (Å²) in [5, 5.41) is 12.9. The minimum absolute atomic E-state index is 0.0286. The second kappa shape index (κ2) is 10.8. The summed E-state index contributed by atoms with van der Waals surface area (Å²) in [6.45, 7) is 1.96. The largest absolute Gasteiger partial charge is 0.493 e. The zero-order chi connectivity index (χ0) is 24.0. The van der Waals surface area contributed by atoms with Crippen molar-refractivity contribution in [3.05, 3.63) is 29.7 Å². The van der Waals surface area contributed by atoms with Crippen LogP contribution in [0.3, 0.4) is 0 Å². The van der Waals surface area contributed by atoms with Crippen LogP contribution in [0.4, 0.5) is 22.4 Å². The molecule has 0 unspecified atom stereocenters. The van der Waals surface area contributed by atoms with E-state index in [0.717, 1.165) is 43.1 Å². The van der Waals surface area contributed by atoms with Crippen molar-refractivity contribution < 1.29 is 36.7 Å². The first-order valence-corrected chi connectivity index (χ1v) is 11.0. The van der Waals surface area contributed by atoms with E-state index in [-0.39, 0.29) is 42.6 Å². The van der Waals surface area contributed by atoms with Gasteiger partial charge in [-0.15, -0.1) is 0 Å². The maximum atomic E-state index is 13.7. The first kappa shape index (κ1) is 24.8. The average Bonchev–Trinajstić information content (AvgIpc) is 3.39. The molecule has 2 aromatic rings. The van der Waals surface area contributed by atoms with Gasteiger partial charge in [-0.1, -0.05) is 44.2 Å². The van der Waals surface area contributed by atoms with Crippen LogP contribution < -0.4 is 4.74 Å². The second-order valence-corrected chi connectivity index (χ2v) is 8.06. The summed E-state index contributed by atoms with van der Waals surface area (Å²) in [7, 11) is 0. The Hall–Kier alpha value is -2.85. The first-order valence-electron chi connectivity index (χ1n) is 11.0. The molecule has 0 aliphatic carbocycles. The van der Waals surface area contributed by atoms with Gasteiger partial charge in [0.05, 0.1) is 18.7 Å². The SMILES string of the molecule is CCCCCCCCOc1ccc(-c2noc([C@@H]3C[C@@H](F)CN3C(=O)O)n2)cc1C(F)(F)F. The van der Waals surface area contributed by atoms with Gasteiger partial charge in [0.25, 0.3) is 0 Å². The number of rotatable bonds is 10. The van der Waals surface area contributed by atoms with E-state index in [0.29, 0.717) is 6.42 Å². The fraction of sp³-hybridized carbons (Fsp3) is 0.591. The Morgan fingerprint density at radius 1 is 1.24 bits per heavy atom. The first-order chi connectivity index (χ1) is 15.7. The van der Waals surface area contributed by atoms with Gasteiger partial charge in [-0.2, -0.15) is 18.2 Å². The van der Waals surface area contributed by atoms with E-state index < -0.39 is 30.0 Å². The number of hydrogen-bond donors (Lipinski definition) is 1. The number of ether oxygens (including phenoxy) is 1. The molecule has 1 fully saturated rings. The predicted molar refractivity (Wildman–Crippen MR) is 111 cm³/mol. The van der Waals surface area contributed by atoms with Crippen LogP contribution in [0.5, 0.6) is 5.75 Å². The molecular formula is C22H27F4N3O4. The van der Waals surface area contributed by atoms with Crippen molar-refractivity contribution in [2.24, 2.45) is 0 Å². The standard InChI is InChI=1S/C22H27F4N3O4/c1-2-3-4-5-6-7-10-32-18-9-8-14(11-16(18)22(24,25)26)19-27-20(33-28-19)17-12-15(23)13-29(17)21(30)31/h8-9,11,15,17H,2-7,10,12-13H2,1H3,(H,30,31)/t15-,17+/m1/s1. The van der Waals surface area contributed by atoms with Crippen LogP contribution in [0, 0.1) is 0 Å². The number of hydrogen-bond acceptors (Lipinski definition) is 5. The molecule has 1 amide bonds. The molecule has 0 spiro atoms. The van der Waals surface area contributed by atoms with E-state index in [4.69, 9.17) is 9.26 Å². The van der Waals surface area contributed by atoms with Crippen LogP contribution in [0.2, 0.25) is 0 Å². The van der Waals surface area contributed by atoms with Gasteiger partial charge in [-0.25, -0.2) is 9.18 Å². The summed E-state index contributed by atoms with van der Waals surface area (Å²) in [4.78, 5) is 16.2. The summed E-state index contributed by atoms with van der Waals surface area (Å²) in [5.41, 5.74) is -0.935. The van der Waals surface area contributed by atoms with Crippen LogP contribution in [0.1, 0.15) is 69.4 Å². The summed E-state index contributed by atoms with van der Waals surface area (Å²) >= 11 is 0. The Morgan fingerprint density at radius 2 is 1.97 bits per heavy atom. The second-order valence-electron chi connectivity index (χ2n) is 8.06. The van der Waals surface area contributed by atoms with E-state index >= 15 is 0 Å². The van der Waals surface area contributed by atoms with E-state index in [1.54, 1.807) is 0 Å². The minimum Gasteiger partial charge on any atom is -0.493 e. The summed E-state index contributed by atoms with van der Waals surface area (Å²) in [6.07, 6.45) is -1.62. The fourth-order valence-electron chi connectivity index (χ4n) is 3.80. The van der Waals surface area contributed by atoms with Crippen LogP contribution in [0.15, 0.2) is 22.7 Å². The van der Waals surface area contributed by atoms with Crippen molar-refractivity contribution in [2.75, 3.05) is 13.2 Å². The average molecular weight is 473 g/mol. The molecule has 1 aromatic heterocycles. The predicted octanol–water partition coefficient (Wildman–Crippen LogP) is 6.26. The van der Waals surface area contributed by atoms with Crippen molar-refractivity contribution in [1.82, 2.24) is 15.0 Å². The molecule has 1 aliphatic rings. The number of likely N-dealkylation sites (tertiary alicyclic amines) is 1. The summed E-state index contributed by atoms with van der Waals surface area (Å²) in [5.74, 6) is -0.591. The van der Waals surface area contributed by atoms with Crippen LogP contribution >= 0.6 is 0 Å². The number of benzene rings is 1. The smallest absolute Gasteiger partial charge is 0.419 e. The highest BCUT2D eigenvalue weighted by atomic mass is 19.4. The molecular weight excluding hydrogens is 446 g/mol. The van der Waals surface area contributed by atoms with Gasteiger partial charge >= 0.3 is 12.3 Å². The normalized spacial score (nSPS) is 18.6. The third-order valence-corrected chi connectivity index (χ3v) is 5.52. The number of alkyl halides is 4. The van der Waals surface area contributed by atoms with Gasteiger partial charge in [0.2, 0.25) is 11.7 Å². The molecule has 0 bridgehead atoms. The van der Waals surface area contributed by atoms with Crippen molar-refractivity contribution in [1.29, 1.82) is 0 Å². The monoisotopic (exact) mass is 473 g/mol. The third kappa shape index (κ3) is 6.35. The zero-order valence-corrected chi connectivity index (χ0v) is 18.3. The van der Waals surface area contributed by atoms with Gasteiger partial charge in [-0.3, -0.25) is 4.90 Å². The lowest BCUT2D eigenvalue weighted by Gasteiger charge is -2.16. The minimum atomic E-state index is -4.66. The summed E-state index contributed by atoms with van der Waals surface area (Å²) in [6, 6.07) is 2.47. The van der Waals surface area contributed by atoms with E-state index in [9.17, 15) is 27.5 Å². The highest BCUT2D eigenvalue weighted by Crippen LogP contribution is 2.39. The molecule has 2 atom stereocenters. The Labute approximate surface area is 188 Å². The van der Waals surface area contributed by atoms with Crippen LogP contribution in [0.25, 0.3) is 11.4 Å². The molecule has 0 radical (unpaired) electrons. The Balaban J connectivity index is 1.72. The summed E-state index contributed by atoms with van der Waals surface area (Å²) < 4.78 is 65.1. The molecule has 2 heterocycles. The highest BCUT2D eigenvalue weighted by molar-refractivity contribution is 5.66. The van der Waals surface area contributed by atoms with Gasteiger partial charge in [0.1, 0.15) is 18.0 Å². The Bertz CT molecular complexity index is 935. The molecule has 11 heteroatoms. The fourth-order valence-corrected chi connectivity index (χ4v) is 3.80. The van der Waals surface area contributed by atoms with E-state index in [1.165, 1.54) is 12.1 Å². The number of amides is 1. The van der Waals surface area contributed by atoms with Crippen LogP contribution in [-0.4, -0.2) is 45.6 Å². The zero-order valence-electron chi connectivity index (χ0n) is 18.3. The molecule has 3 rings (SSSR count). The molecule has 1 aliphatic heterocycles. The molecule has 7 nitrogen and oxygen atoms in total. The van der Waals surface area contributed by atoms with Crippen molar-refractivity contribution in [2.45, 2.75) is 70.3 Å². The maximum Gasteiger partial charge on any atom is 0.419 e. The Morgan fingerprint density at radius 3 is 2.67 bits per heavy atom. The number of halogens is 4. The number of carboxylic acid groups (broad SMARTS) is 1. The van der Waals surface area contributed by atoms with Crippen molar-refractivity contribution >= 4 is 6.09 Å².